The molecule has 0 N–H and O–H groups in total. The molecule has 1 aromatic rings. The molecule has 0 aliphatic carbocycles. The van der Waals surface area contributed by atoms with Crippen molar-refractivity contribution in [3.8, 4) is 0 Å². The number of hydrogen-bond acceptors (Lipinski definition) is 3. The number of nitrogens with zero attached hydrogens (tertiary/aromatic N) is 1. The Morgan fingerprint density at radius 2 is 2.11 bits per heavy atom. The number of Topliss-reactive ketones (excluding diaryl/α,β-unsaturated/α-hetero) is 1. The maximum Gasteiger partial charge on any atom is 0.182 e. The summed E-state index contributed by atoms with van der Waals surface area (Å²) in [7, 11) is 0. The predicted octanol–water partition coefficient (Wildman–Crippen LogP) is 1.87. The summed E-state index contributed by atoms with van der Waals surface area (Å²) in [5.41, 5.74) is -0.448. The highest BCUT2D eigenvalue weighted by atomic mass is 19.1. The van der Waals surface area contributed by atoms with Crippen molar-refractivity contribution in [1.82, 2.24) is 4.90 Å². The Morgan fingerprint density at radius 1 is 1.44 bits per heavy atom. The molecule has 1 aliphatic heterocycles. The van der Waals surface area contributed by atoms with E-state index in [0.717, 1.165) is 12.1 Å². The van der Waals surface area contributed by atoms with Crippen molar-refractivity contribution in [2.75, 3.05) is 26.3 Å². The van der Waals surface area contributed by atoms with Gasteiger partial charge in [0.1, 0.15) is 11.6 Å². The van der Waals surface area contributed by atoms with Crippen LogP contribution in [0.3, 0.4) is 0 Å². The molecule has 1 aliphatic rings. The first kappa shape index (κ1) is 13.1. The van der Waals surface area contributed by atoms with E-state index in [4.69, 9.17) is 4.74 Å². The number of ether oxygens (including phenoxy) is 1. The molecule has 1 heterocycles. The van der Waals surface area contributed by atoms with Gasteiger partial charge in [-0.25, -0.2) is 8.78 Å². The molecule has 0 spiro atoms. The number of carbonyl (C=O) groups is 1. The van der Waals surface area contributed by atoms with E-state index in [-0.39, 0.29) is 12.6 Å². The number of carbonyl (C=O) groups excluding carboxylic acids is 1. The van der Waals surface area contributed by atoms with Crippen molar-refractivity contribution in [2.24, 2.45) is 0 Å². The minimum absolute atomic E-state index is 0.0162. The second-order valence-electron chi connectivity index (χ2n) is 4.41. The highest BCUT2D eigenvalue weighted by Crippen LogP contribution is 2.15. The van der Waals surface area contributed by atoms with E-state index in [1.54, 1.807) is 0 Å². The third kappa shape index (κ3) is 2.73. The van der Waals surface area contributed by atoms with E-state index in [1.165, 1.54) is 6.07 Å². The van der Waals surface area contributed by atoms with E-state index in [9.17, 15) is 13.6 Å². The molecule has 3 nitrogen and oxygen atoms in total. The van der Waals surface area contributed by atoms with Gasteiger partial charge in [-0.05, 0) is 19.1 Å². The number of ketones is 1. The van der Waals surface area contributed by atoms with Gasteiger partial charge >= 0.3 is 0 Å². The molecule has 1 saturated heterocycles. The Morgan fingerprint density at radius 3 is 2.72 bits per heavy atom. The largest absolute Gasteiger partial charge is 0.379 e. The molecule has 1 unspecified atom stereocenters. The van der Waals surface area contributed by atoms with Crippen molar-refractivity contribution in [1.29, 1.82) is 0 Å². The average Bonchev–Trinajstić information content (AvgIpc) is 2.32. The number of hydrogen-bond donors (Lipinski definition) is 0. The molecule has 0 amide bonds. The quantitative estimate of drug-likeness (QED) is 0.772. The van der Waals surface area contributed by atoms with E-state index < -0.39 is 23.0 Å². The summed E-state index contributed by atoms with van der Waals surface area (Å²) < 4.78 is 32.1. The third-order valence-electron chi connectivity index (χ3n) is 3.09. The molecule has 18 heavy (non-hydrogen) atoms. The first-order valence-corrected chi connectivity index (χ1v) is 5.88. The van der Waals surface area contributed by atoms with Gasteiger partial charge in [-0.15, -0.1) is 0 Å². The summed E-state index contributed by atoms with van der Waals surface area (Å²) in [5.74, 6) is -2.14. The molecule has 1 atom stereocenters. The van der Waals surface area contributed by atoms with E-state index >= 15 is 0 Å². The molecule has 0 radical (unpaired) electrons. The van der Waals surface area contributed by atoms with Gasteiger partial charge in [0.2, 0.25) is 0 Å². The van der Waals surface area contributed by atoms with Crippen LogP contribution in [0.25, 0.3) is 0 Å². The lowest BCUT2D eigenvalue weighted by atomic mass is 10.1. The topological polar surface area (TPSA) is 29.5 Å². The molecule has 0 aromatic heterocycles. The average molecular weight is 255 g/mol. The van der Waals surface area contributed by atoms with Crippen LogP contribution in [-0.4, -0.2) is 43.0 Å². The SMILES string of the molecule is CC1COCCN1CC(=O)c1c(F)cccc1F. The molecule has 0 bridgehead atoms. The number of rotatable bonds is 3. The lowest BCUT2D eigenvalue weighted by Crippen LogP contribution is -2.46. The fourth-order valence-electron chi connectivity index (χ4n) is 2.02. The molecule has 2 rings (SSSR count). The van der Waals surface area contributed by atoms with E-state index in [1.807, 2.05) is 11.8 Å². The highest BCUT2D eigenvalue weighted by Gasteiger charge is 2.24. The fourth-order valence-corrected chi connectivity index (χ4v) is 2.02. The van der Waals surface area contributed by atoms with Gasteiger partial charge in [-0.2, -0.15) is 0 Å². The van der Waals surface area contributed by atoms with Gasteiger partial charge < -0.3 is 4.74 Å². The highest BCUT2D eigenvalue weighted by molar-refractivity contribution is 5.98. The maximum absolute atomic E-state index is 13.4. The standard InChI is InChI=1S/C13H15F2NO2/c1-9-8-18-6-5-16(9)7-12(17)13-10(14)3-2-4-11(13)15/h2-4,9H,5-8H2,1H3. The van der Waals surface area contributed by atoms with Crippen molar-refractivity contribution in [2.45, 2.75) is 13.0 Å². The van der Waals surface area contributed by atoms with Crippen LogP contribution in [0.5, 0.6) is 0 Å². The van der Waals surface area contributed by atoms with Crippen molar-refractivity contribution < 1.29 is 18.3 Å². The van der Waals surface area contributed by atoms with Crippen molar-refractivity contribution >= 4 is 5.78 Å². The van der Waals surface area contributed by atoms with Crippen LogP contribution in [-0.2, 0) is 4.74 Å². The predicted molar refractivity (Wildman–Crippen MR) is 62.5 cm³/mol. The monoisotopic (exact) mass is 255 g/mol. The molecule has 1 aromatic carbocycles. The smallest absolute Gasteiger partial charge is 0.182 e. The second kappa shape index (κ2) is 5.54. The van der Waals surface area contributed by atoms with Gasteiger partial charge in [0.25, 0.3) is 0 Å². The Hall–Kier alpha value is -1.33. The minimum atomic E-state index is -0.805. The number of morpholine rings is 1. The van der Waals surface area contributed by atoms with Gasteiger partial charge in [-0.1, -0.05) is 6.07 Å². The second-order valence-corrected chi connectivity index (χ2v) is 4.41. The first-order chi connectivity index (χ1) is 8.59. The number of halogens is 2. The van der Waals surface area contributed by atoms with Crippen LogP contribution in [0.1, 0.15) is 17.3 Å². The van der Waals surface area contributed by atoms with Gasteiger partial charge in [0, 0.05) is 12.6 Å². The summed E-state index contributed by atoms with van der Waals surface area (Å²) in [6.45, 7) is 3.61. The van der Waals surface area contributed by atoms with Crippen LogP contribution in [0, 0.1) is 11.6 Å². The summed E-state index contributed by atoms with van der Waals surface area (Å²) in [6.07, 6.45) is 0. The summed E-state index contributed by atoms with van der Waals surface area (Å²) in [4.78, 5) is 13.8. The van der Waals surface area contributed by atoms with Gasteiger partial charge in [-0.3, -0.25) is 9.69 Å². The van der Waals surface area contributed by atoms with E-state index in [2.05, 4.69) is 0 Å². The summed E-state index contributed by atoms with van der Waals surface area (Å²) in [5, 5.41) is 0. The van der Waals surface area contributed by atoms with Crippen LogP contribution >= 0.6 is 0 Å². The first-order valence-electron chi connectivity index (χ1n) is 5.88. The lowest BCUT2D eigenvalue weighted by molar-refractivity contribution is 0.00190. The Balaban J connectivity index is 2.12. The zero-order valence-corrected chi connectivity index (χ0v) is 10.2. The Labute approximate surface area is 104 Å². The molecule has 1 fully saturated rings. The molecular formula is C13H15F2NO2. The Bertz CT molecular complexity index is 430. The number of benzene rings is 1. The molecule has 98 valence electrons. The van der Waals surface area contributed by atoms with Crippen LogP contribution in [0.2, 0.25) is 0 Å². The molecule has 0 saturated carbocycles. The zero-order valence-electron chi connectivity index (χ0n) is 10.2. The fraction of sp³-hybridized carbons (Fsp3) is 0.462. The summed E-state index contributed by atoms with van der Waals surface area (Å²) >= 11 is 0. The minimum Gasteiger partial charge on any atom is -0.379 e. The van der Waals surface area contributed by atoms with Crippen molar-refractivity contribution in [3.05, 3.63) is 35.4 Å². The maximum atomic E-state index is 13.4. The lowest BCUT2D eigenvalue weighted by Gasteiger charge is -2.32. The summed E-state index contributed by atoms with van der Waals surface area (Å²) in [6, 6.07) is 3.52. The van der Waals surface area contributed by atoms with Gasteiger partial charge in [0.05, 0.1) is 25.3 Å². The zero-order chi connectivity index (χ0) is 13.1. The van der Waals surface area contributed by atoms with Crippen LogP contribution in [0.4, 0.5) is 8.78 Å². The molecular weight excluding hydrogens is 240 g/mol. The van der Waals surface area contributed by atoms with Gasteiger partial charge in [0.15, 0.2) is 5.78 Å². The van der Waals surface area contributed by atoms with Crippen LogP contribution in [0.15, 0.2) is 18.2 Å². The van der Waals surface area contributed by atoms with Crippen LogP contribution < -0.4 is 0 Å². The van der Waals surface area contributed by atoms with Crippen molar-refractivity contribution in [3.63, 3.8) is 0 Å². The normalized spacial score (nSPS) is 20.9. The van der Waals surface area contributed by atoms with E-state index in [0.29, 0.717) is 19.8 Å². The molecule has 5 heteroatoms. The third-order valence-corrected chi connectivity index (χ3v) is 3.09. The Kier molecular flexibility index (Phi) is 4.04.